The van der Waals surface area contributed by atoms with Crippen LogP contribution in [-0.2, 0) is 21.2 Å². The molecule has 2 N–H and O–H groups in total. The Kier molecular flexibility index (Phi) is 5.76. The summed E-state index contributed by atoms with van der Waals surface area (Å²) < 4.78 is 50.8. The molecule has 2 aromatic rings. The third-order valence-corrected chi connectivity index (χ3v) is 6.40. The van der Waals surface area contributed by atoms with Crippen molar-refractivity contribution in [2.45, 2.75) is 24.6 Å². The van der Waals surface area contributed by atoms with E-state index >= 15 is 0 Å². The number of aryl methyl sites for hydroxylation is 1. The SMILES string of the molecule is CC(CCn1cc(F)c(-c2ccncc2F)cc1=O)(C(=O)NO)S(C)(=O)=O. The molecule has 8 nitrogen and oxygen atoms in total. The van der Waals surface area contributed by atoms with Crippen LogP contribution in [0.15, 0.2) is 35.5 Å². The molecule has 0 spiro atoms. The summed E-state index contributed by atoms with van der Waals surface area (Å²) in [4.78, 5) is 27.6. The van der Waals surface area contributed by atoms with E-state index in [2.05, 4.69) is 4.98 Å². The maximum absolute atomic E-state index is 14.4. The minimum absolute atomic E-state index is 0.146. The molecule has 0 aliphatic heterocycles. The Hall–Kier alpha value is -2.66. The highest BCUT2D eigenvalue weighted by atomic mass is 32.2. The lowest BCUT2D eigenvalue weighted by atomic mass is 10.1. The quantitative estimate of drug-likeness (QED) is 0.548. The van der Waals surface area contributed by atoms with Crippen molar-refractivity contribution >= 4 is 15.7 Å². The highest BCUT2D eigenvalue weighted by molar-refractivity contribution is 7.92. The van der Waals surface area contributed by atoms with Gasteiger partial charge in [0.25, 0.3) is 11.5 Å². The first kappa shape index (κ1) is 20.6. The smallest absolute Gasteiger partial charge is 0.264 e. The fourth-order valence-corrected chi connectivity index (χ4v) is 3.28. The normalized spacial score (nSPS) is 13.8. The molecule has 0 aromatic carbocycles. The second-order valence-corrected chi connectivity index (χ2v) is 8.56. The number of sulfone groups is 1. The van der Waals surface area contributed by atoms with Crippen molar-refractivity contribution in [1.82, 2.24) is 15.0 Å². The lowest BCUT2D eigenvalue weighted by Gasteiger charge is -2.25. The lowest BCUT2D eigenvalue weighted by molar-refractivity contribution is -0.131. The summed E-state index contributed by atoms with van der Waals surface area (Å²) in [5.74, 6) is -2.89. The first-order chi connectivity index (χ1) is 12.5. The number of nitrogens with one attached hydrogen (secondary N) is 1. The second kappa shape index (κ2) is 7.53. The summed E-state index contributed by atoms with van der Waals surface area (Å²) in [6.07, 6.45) is 3.33. The number of carbonyl (C=O) groups excluding carboxylic acids is 1. The van der Waals surface area contributed by atoms with Crippen molar-refractivity contribution in [1.29, 1.82) is 0 Å². The molecule has 27 heavy (non-hydrogen) atoms. The molecule has 2 heterocycles. The van der Waals surface area contributed by atoms with E-state index < -0.39 is 44.1 Å². The minimum Gasteiger partial charge on any atom is -0.312 e. The number of hydrogen-bond acceptors (Lipinski definition) is 6. The average Bonchev–Trinajstić information content (AvgIpc) is 2.60. The van der Waals surface area contributed by atoms with Gasteiger partial charge >= 0.3 is 0 Å². The van der Waals surface area contributed by atoms with Gasteiger partial charge in [-0.25, -0.2) is 22.7 Å². The molecule has 1 amide bonds. The summed E-state index contributed by atoms with van der Waals surface area (Å²) in [6.45, 7) is 0.752. The van der Waals surface area contributed by atoms with Crippen molar-refractivity contribution < 1.29 is 27.2 Å². The number of amides is 1. The summed E-state index contributed by atoms with van der Waals surface area (Å²) >= 11 is 0. The molecule has 0 radical (unpaired) electrons. The Balaban J connectivity index is 2.39. The summed E-state index contributed by atoms with van der Waals surface area (Å²) in [7, 11) is -3.96. The van der Waals surface area contributed by atoms with Crippen LogP contribution in [0.1, 0.15) is 13.3 Å². The average molecular weight is 401 g/mol. The van der Waals surface area contributed by atoms with Gasteiger partial charge in [0.2, 0.25) is 0 Å². The van der Waals surface area contributed by atoms with E-state index in [1.807, 2.05) is 0 Å². The predicted molar refractivity (Wildman–Crippen MR) is 91.6 cm³/mol. The zero-order valence-corrected chi connectivity index (χ0v) is 15.3. The summed E-state index contributed by atoms with van der Waals surface area (Å²) in [5.41, 5.74) is 0.150. The van der Waals surface area contributed by atoms with E-state index in [-0.39, 0.29) is 17.7 Å². The van der Waals surface area contributed by atoms with Gasteiger partial charge in [0.1, 0.15) is 11.6 Å². The molecule has 0 aliphatic rings. The first-order valence-corrected chi connectivity index (χ1v) is 9.54. The zero-order chi connectivity index (χ0) is 20.4. The summed E-state index contributed by atoms with van der Waals surface area (Å²) in [5, 5.41) is 8.78. The third kappa shape index (κ3) is 4.03. The van der Waals surface area contributed by atoms with Crippen LogP contribution in [0, 0.1) is 11.6 Å². The molecule has 1 unspecified atom stereocenters. The molecule has 11 heteroatoms. The molecule has 1 atom stereocenters. The molecule has 146 valence electrons. The van der Waals surface area contributed by atoms with Gasteiger partial charge in [-0.05, 0) is 19.4 Å². The standard InChI is InChI=1S/C16H17F2N3O5S/c1-16(15(23)20-24,27(2,25)26)4-6-21-9-13(18)11(7-14(21)22)10-3-5-19-8-12(10)17/h3,5,7-9,24H,4,6H2,1-2H3,(H,20,23). The number of hydroxylamine groups is 1. The number of nitrogens with zero attached hydrogens (tertiary/aromatic N) is 2. The van der Waals surface area contributed by atoms with E-state index in [9.17, 15) is 26.8 Å². The Morgan fingerprint density at radius 1 is 1.33 bits per heavy atom. The second-order valence-electron chi connectivity index (χ2n) is 6.12. The molecule has 0 bridgehead atoms. The number of carbonyl (C=O) groups is 1. The van der Waals surface area contributed by atoms with Crippen molar-refractivity contribution in [3.8, 4) is 11.1 Å². The van der Waals surface area contributed by atoms with E-state index in [0.29, 0.717) is 0 Å². The van der Waals surface area contributed by atoms with Crippen molar-refractivity contribution in [3.63, 3.8) is 0 Å². The van der Waals surface area contributed by atoms with E-state index in [1.165, 1.54) is 17.7 Å². The number of rotatable bonds is 6. The Morgan fingerprint density at radius 2 is 2.00 bits per heavy atom. The molecular formula is C16H17F2N3O5S. The lowest BCUT2D eigenvalue weighted by Crippen LogP contribution is -2.50. The highest BCUT2D eigenvalue weighted by Gasteiger charge is 2.43. The van der Waals surface area contributed by atoms with Gasteiger partial charge in [0, 0.05) is 42.4 Å². The summed E-state index contributed by atoms with van der Waals surface area (Å²) in [6, 6.07) is 2.08. The fourth-order valence-electron chi connectivity index (χ4n) is 2.44. The van der Waals surface area contributed by atoms with Crippen LogP contribution in [0.25, 0.3) is 11.1 Å². The first-order valence-electron chi connectivity index (χ1n) is 7.65. The number of pyridine rings is 2. The van der Waals surface area contributed by atoms with Gasteiger partial charge in [0.05, 0.1) is 6.20 Å². The van der Waals surface area contributed by atoms with Crippen LogP contribution < -0.4 is 11.0 Å². The largest absolute Gasteiger partial charge is 0.312 e. The maximum atomic E-state index is 14.4. The third-order valence-electron chi connectivity index (χ3n) is 4.37. The van der Waals surface area contributed by atoms with Crippen LogP contribution in [0.4, 0.5) is 8.78 Å². The van der Waals surface area contributed by atoms with Crippen molar-refractivity contribution in [3.05, 3.63) is 52.7 Å². The van der Waals surface area contributed by atoms with E-state index in [0.717, 1.165) is 36.2 Å². The molecule has 2 aromatic heterocycles. The van der Waals surface area contributed by atoms with Crippen LogP contribution in [0.3, 0.4) is 0 Å². The topological polar surface area (TPSA) is 118 Å². The van der Waals surface area contributed by atoms with E-state index in [1.54, 1.807) is 0 Å². The molecule has 2 rings (SSSR count). The maximum Gasteiger partial charge on any atom is 0.264 e. The van der Waals surface area contributed by atoms with Gasteiger partial charge in [0.15, 0.2) is 14.6 Å². The van der Waals surface area contributed by atoms with Crippen LogP contribution in [0.5, 0.6) is 0 Å². The van der Waals surface area contributed by atoms with Crippen LogP contribution in [-0.4, -0.2) is 40.1 Å². The molecule has 0 aliphatic carbocycles. The van der Waals surface area contributed by atoms with Gasteiger partial charge in [-0.2, -0.15) is 0 Å². The number of aromatic nitrogens is 2. The van der Waals surface area contributed by atoms with Crippen molar-refractivity contribution in [2.24, 2.45) is 0 Å². The Bertz CT molecular complexity index is 1040. The van der Waals surface area contributed by atoms with Gasteiger partial charge in [-0.3, -0.25) is 19.8 Å². The van der Waals surface area contributed by atoms with Gasteiger partial charge in [-0.1, -0.05) is 0 Å². The zero-order valence-electron chi connectivity index (χ0n) is 14.4. The van der Waals surface area contributed by atoms with Crippen molar-refractivity contribution in [2.75, 3.05) is 6.26 Å². The van der Waals surface area contributed by atoms with Crippen LogP contribution in [0.2, 0.25) is 0 Å². The molecular weight excluding hydrogens is 384 g/mol. The monoisotopic (exact) mass is 401 g/mol. The van der Waals surface area contributed by atoms with E-state index in [4.69, 9.17) is 5.21 Å². The van der Waals surface area contributed by atoms with Gasteiger partial charge in [-0.15, -0.1) is 0 Å². The Labute approximate surface area is 153 Å². The fraction of sp³-hybridized carbons (Fsp3) is 0.312. The van der Waals surface area contributed by atoms with Crippen LogP contribution >= 0.6 is 0 Å². The Morgan fingerprint density at radius 3 is 2.56 bits per heavy atom. The molecule has 0 saturated heterocycles. The molecule has 0 fully saturated rings. The highest BCUT2D eigenvalue weighted by Crippen LogP contribution is 2.25. The number of hydrogen-bond donors (Lipinski definition) is 2. The number of halogens is 2. The minimum atomic E-state index is -3.96. The molecule has 0 saturated carbocycles. The van der Waals surface area contributed by atoms with Gasteiger partial charge < -0.3 is 4.57 Å². The predicted octanol–water partition coefficient (Wildman–Crippen LogP) is 0.887.